The Morgan fingerprint density at radius 3 is 2.35 bits per heavy atom. The Morgan fingerprint density at radius 2 is 1.87 bits per heavy atom. The van der Waals surface area contributed by atoms with Gasteiger partial charge < -0.3 is 0 Å². The molecule has 0 amide bonds. The summed E-state index contributed by atoms with van der Waals surface area (Å²) in [5.41, 5.74) is 0.290. The van der Waals surface area contributed by atoms with Crippen molar-refractivity contribution in [2.45, 2.75) is 25.6 Å². The fourth-order valence-electron chi connectivity index (χ4n) is 3.78. The van der Waals surface area contributed by atoms with E-state index in [0.717, 1.165) is 30.8 Å². The number of likely N-dealkylation sites (tertiary alicyclic amines) is 1. The van der Waals surface area contributed by atoms with Crippen LogP contribution in [0.2, 0.25) is 0 Å². The smallest absolute Gasteiger partial charge is 0.296 e. The Morgan fingerprint density at radius 1 is 1.30 bits per heavy atom. The van der Waals surface area contributed by atoms with E-state index < -0.39 is 11.7 Å². The van der Waals surface area contributed by atoms with Crippen molar-refractivity contribution in [2.75, 3.05) is 13.1 Å². The lowest BCUT2D eigenvalue weighted by atomic mass is 10.0. The Kier molecular flexibility index (Phi) is 4.08. The number of rotatable bonds is 5. The average molecular weight is 323 g/mol. The molecule has 0 N–H and O–H groups in total. The number of hydrogen-bond acceptors (Lipinski definition) is 2. The first-order valence-electron chi connectivity index (χ1n) is 7.87. The predicted molar refractivity (Wildman–Crippen MR) is 81.7 cm³/mol. The van der Waals surface area contributed by atoms with Crippen molar-refractivity contribution in [2.24, 2.45) is 17.8 Å². The molecule has 0 aromatic heterocycles. The van der Waals surface area contributed by atoms with Gasteiger partial charge in [0, 0.05) is 25.6 Å². The summed E-state index contributed by atoms with van der Waals surface area (Å²) < 4.78 is 37.8. The maximum atomic E-state index is 12.6. The summed E-state index contributed by atoms with van der Waals surface area (Å²) >= 11 is 0. The third-order valence-electron chi connectivity index (χ3n) is 5.33. The summed E-state index contributed by atoms with van der Waals surface area (Å²) in [7, 11) is 0. The van der Waals surface area contributed by atoms with Crippen LogP contribution in [0.3, 0.4) is 0 Å². The second-order valence-electron chi connectivity index (χ2n) is 6.62. The lowest BCUT2D eigenvalue weighted by molar-refractivity contribution is -0.137. The van der Waals surface area contributed by atoms with Crippen molar-refractivity contribution in [1.82, 2.24) is 4.90 Å². The fraction of sp³-hybridized carbons (Fsp3) is 0.500. The molecule has 1 aliphatic heterocycles. The van der Waals surface area contributed by atoms with Crippen molar-refractivity contribution >= 4 is 5.78 Å². The summed E-state index contributed by atoms with van der Waals surface area (Å²) in [5, 5.41) is 0. The molecule has 4 atom stereocenters. The quantitative estimate of drug-likeness (QED) is 0.761. The summed E-state index contributed by atoms with van der Waals surface area (Å²) in [6, 6.07) is 5.52. The van der Waals surface area contributed by atoms with Crippen LogP contribution in [0.15, 0.2) is 36.9 Å². The first-order valence-corrected chi connectivity index (χ1v) is 7.87. The number of carbonyl (C=O) groups excluding carboxylic acids is 1. The molecule has 1 heterocycles. The first kappa shape index (κ1) is 16.2. The van der Waals surface area contributed by atoms with Gasteiger partial charge in [0.25, 0.3) is 0 Å². The second-order valence-corrected chi connectivity index (χ2v) is 6.62. The number of halogens is 3. The molecule has 2 nitrogen and oxygen atoms in total. The average Bonchev–Trinajstić information content (AvgIpc) is 2.96. The standard InChI is InChI=1S/C18H20F3NO/c1-3-14(23)8-15-16-9-22(10-17(15)16)11(2)12-4-6-13(7-5-12)18(19,20)21/h3-7,11,15-17H,1,8-10H2,2H3/t11-,15?,16-,17+/m1/s1. The van der Waals surface area contributed by atoms with Gasteiger partial charge in [-0.05, 0) is 48.4 Å². The Hall–Kier alpha value is -1.62. The van der Waals surface area contributed by atoms with E-state index in [-0.39, 0.29) is 11.8 Å². The van der Waals surface area contributed by atoms with Gasteiger partial charge in [0.1, 0.15) is 0 Å². The first-order chi connectivity index (χ1) is 10.8. The van der Waals surface area contributed by atoms with Crippen LogP contribution < -0.4 is 0 Å². The number of hydrogen-bond donors (Lipinski definition) is 0. The molecule has 1 saturated heterocycles. The van der Waals surface area contributed by atoms with E-state index in [0.29, 0.717) is 24.2 Å². The fourth-order valence-corrected chi connectivity index (χ4v) is 3.78. The van der Waals surface area contributed by atoms with E-state index in [4.69, 9.17) is 0 Å². The third-order valence-corrected chi connectivity index (χ3v) is 5.33. The molecular formula is C18H20F3NO. The molecule has 3 rings (SSSR count). The maximum absolute atomic E-state index is 12.6. The Bertz CT molecular complexity index is 596. The number of allylic oxidation sites excluding steroid dienone is 1. The lowest BCUT2D eigenvalue weighted by Gasteiger charge is -2.27. The summed E-state index contributed by atoms with van der Waals surface area (Å²) in [6.45, 7) is 7.36. The minimum atomic E-state index is -4.29. The molecule has 2 aliphatic rings. The molecule has 5 heteroatoms. The zero-order chi connectivity index (χ0) is 16.8. The van der Waals surface area contributed by atoms with Gasteiger partial charge in [-0.15, -0.1) is 0 Å². The van der Waals surface area contributed by atoms with Crippen LogP contribution in [0.1, 0.15) is 30.5 Å². The number of fused-ring (bicyclic) bond motifs is 1. The highest BCUT2D eigenvalue weighted by Crippen LogP contribution is 2.55. The van der Waals surface area contributed by atoms with Crippen LogP contribution in [0.25, 0.3) is 0 Å². The van der Waals surface area contributed by atoms with Crippen molar-refractivity contribution in [3.8, 4) is 0 Å². The highest BCUT2D eigenvalue weighted by atomic mass is 19.4. The van der Waals surface area contributed by atoms with Crippen molar-refractivity contribution in [3.05, 3.63) is 48.0 Å². The molecule has 1 unspecified atom stereocenters. The van der Waals surface area contributed by atoms with E-state index in [1.807, 2.05) is 6.92 Å². The topological polar surface area (TPSA) is 20.3 Å². The number of nitrogens with zero attached hydrogens (tertiary/aromatic N) is 1. The molecule has 0 radical (unpaired) electrons. The SMILES string of the molecule is C=CC(=O)CC1[C@H]2CN([C@H](C)c3ccc(C(F)(F)F)cc3)C[C@@H]12. The predicted octanol–water partition coefficient (Wildman–Crippen LogP) is 4.09. The van der Waals surface area contributed by atoms with Crippen LogP contribution in [-0.2, 0) is 11.0 Å². The van der Waals surface area contributed by atoms with Crippen LogP contribution in [0.4, 0.5) is 13.2 Å². The van der Waals surface area contributed by atoms with Gasteiger partial charge in [0.15, 0.2) is 5.78 Å². The van der Waals surface area contributed by atoms with Crippen LogP contribution in [0.5, 0.6) is 0 Å². The van der Waals surface area contributed by atoms with Gasteiger partial charge in [-0.1, -0.05) is 18.7 Å². The zero-order valence-electron chi connectivity index (χ0n) is 13.0. The normalized spacial score (nSPS) is 28.3. The van der Waals surface area contributed by atoms with Gasteiger partial charge in [-0.3, -0.25) is 9.69 Å². The lowest BCUT2D eigenvalue weighted by Crippen LogP contribution is -2.28. The molecule has 2 fully saturated rings. The zero-order valence-corrected chi connectivity index (χ0v) is 13.0. The Labute approximate surface area is 134 Å². The van der Waals surface area contributed by atoms with E-state index in [1.54, 1.807) is 12.1 Å². The van der Waals surface area contributed by atoms with E-state index in [1.165, 1.54) is 6.08 Å². The third kappa shape index (κ3) is 3.20. The molecule has 1 saturated carbocycles. The van der Waals surface area contributed by atoms with Crippen LogP contribution in [-0.4, -0.2) is 23.8 Å². The summed E-state index contributed by atoms with van der Waals surface area (Å²) in [5.74, 6) is 1.68. The molecule has 1 aromatic carbocycles. The second kappa shape index (κ2) is 5.78. The van der Waals surface area contributed by atoms with Crippen molar-refractivity contribution < 1.29 is 18.0 Å². The van der Waals surface area contributed by atoms with E-state index in [2.05, 4.69) is 11.5 Å². The monoisotopic (exact) mass is 323 g/mol. The number of ketones is 1. The molecule has 23 heavy (non-hydrogen) atoms. The maximum Gasteiger partial charge on any atom is 0.416 e. The van der Waals surface area contributed by atoms with Crippen LogP contribution in [0, 0.1) is 17.8 Å². The van der Waals surface area contributed by atoms with Gasteiger partial charge in [0.05, 0.1) is 5.56 Å². The summed E-state index contributed by atoms with van der Waals surface area (Å²) in [6.07, 6.45) is -2.32. The van der Waals surface area contributed by atoms with E-state index >= 15 is 0 Å². The van der Waals surface area contributed by atoms with Crippen molar-refractivity contribution in [1.29, 1.82) is 0 Å². The van der Waals surface area contributed by atoms with Gasteiger partial charge in [0.2, 0.25) is 0 Å². The van der Waals surface area contributed by atoms with Gasteiger partial charge >= 0.3 is 6.18 Å². The largest absolute Gasteiger partial charge is 0.416 e. The molecule has 0 spiro atoms. The number of carbonyl (C=O) groups is 1. The van der Waals surface area contributed by atoms with Gasteiger partial charge in [-0.2, -0.15) is 13.2 Å². The highest BCUT2D eigenvalue weighted by molar-refractivity contribution is 5.89. The van der Waals surface area contributed by atoms with Crippen molar-refractivity contribution in [3.63, 3.8) is 0 Å². The highest BCUT2D eigenvalue weighted by Gasteiger charge is 2.56. The number of alkyl halides is 3. The van der Waals surface area contributed by atoms with E-state index in [9.17, 15) is 18.0 Å². The number of piperidine rings is 1. The summed E-state index contributed by atoms with van der Waals surface area (Å²) in [4.78, 5) is 13.7. The number of benzene rings is 1. The minimum Gasteiger partial charge on any atom is -0.296 e. The van der Waals surface area contributed by atoms with Gasteiger partial charge in [-0.25, -0.2) is 0 Å². The minimum absolute atomic E-state index is 0.0980. The molecular weight excluding hydrogens is 303 g/mol. The molecule has 0 bridgehead atoms. The Balaban J connectivity index is 1.58. The molecule has 1 aliphatic carbocycles. The molecule has 1 aromatic rings. The molecule has 124 valence electrons. The van der Waals surface area contributed by atoms with Crippen LogP contribution >= 0.6 is 0 Å².